The number of carbonyl (C=O) groups is 1. The molecule has 1 N–H and O–H groups in total. The number of rotatable bonds is 9. The third-order valence-electron chi connectivity index (χ3n) is 7.45. The lowest BCUT2D eigenvalue weighted by atomic mass is 10.1. The van der Waals surface area contributed by atoms with Gasteiger partial charge in [-0.05, 0) is 98.9 Å². The van der Waals surface area contributed by atoms with Crippen molar-refractivity contribution < 1.29 is 4.79 Å². The number of anilines is 1. The van der Waals surface area contributed by atoms with Gasteiger partial charge in [0, 0.05) is 28.3 Å². The number of benzene rings is 3. The van der Waals surface area contributed by atoms with Gasteiger partial charge in [-0.2, -0.15) is 5.10 Å². The minimum Gasteiger partial charge on any atom is -0.322 e. The quantitative estimate of drug-likeness (QED) is 0.217. The standard InChI is InChI=1S/C33H32ClN5O/c34-28-8-3-7-27(23-28)33(40)35-29-17-15-26(16-18-29)30-9-4-10-32-36-31(37-39(30)32)22-25-13-11-24(12-14-25)6-5-21-38-19-1-2-20-38/h3-4,7-18,23H,1-2,5-6,19-22H2,(H,35,40). The SMILES string of the molecule is O=C(Nc1ccc(-c2cccc3nc(Cc4ccc(CCCN5CCCC5)cc4)nn23)cc1)c1cccc(Cl)c1. The number of nitrogens with one attached hydrogen (secondary N) is 1. The topological polar surface area (TPSA) is 62.5 Å². The van der Waals surface area contributed by atoms with Crippen molar-refractivity contribution >= 4 is 28.8 Å². The van der Waals surface area contributed by atoms with Crippen LogP contribution in [0, 0.1) is 0 Å². The van der Waals surface area contributed by atoms with E-state index in [0.717, 1.165) is 29.1 Å². The summed E-state index contributed by atoms with van der Waals surface area (Å²) < 4.78 is 1.89. The maximum absolute atomic E-state index is 12.6. The predicted molar refractivity (Wildman–Crippen MR) is 161 cm³/mol. The molecule has 1 fully saturated rings. The van der Waals surface area contributed by atoms with Gasteiger partial charge in [-0.3, -0.25) is 4.79 Å². The Morgan fingerprint density at radius 3 is 2.40 bits per heavy atom. The maximum atomic E-state index is 12.6. The number of hydrogen-bond donors (Lipinski definition) is 1. The van der Waals surface area contributed by atoms with Gasteiger partial charge in [-0.1, -0.05) is 60.1 Å². The average Bonchev–Trinajstić information content (AvgIpc) is 3.64. The summed E-state index contributed by atoms with van der Waals surface area (Å²) in [5.74, 6) is 0.591. The molecule has 2 aromatic heterocycles. The summed E-state index contributed by atoms with van der Waals surface area (Å²) in [7, 11) is 0. The van der Waals surface area contributed by atoms with Gasteiger partial charge in [-0.15, -0.1) is 0 Å². The number of likely N-dealkylation sites (tertiary alicyclic amines) is 1. The minimum absolute atomic E-state index is 0.201. The second-order valence-electron chi connectivity index (χ2n) is 10.4. The van der Waals surface area contributed by atoms with E-state index in [0.29, 0.717) is 22.7 Å². The molecule has 3 heterocycles. The molecule has 3 aromatic carbocycles. The molecule has 1 aliphatic rings. The lowest BCUT2D eigenvalue weighted by Gasteiger charge is -2.13. The molecule has 202 valence electrons. The molecule has 0 bridgehead atoms. The van der Waals surface area contributed by atoms with Crippen molar-refractivity contribution in [3.8, 4) is 11.3 Å². The Morgan fingerprint density at radius 2 is 1.62 bits per heavy atom. The molecule has 5 aromatic rings. The summed E-state index contributed by atoms with van der Waals surface area (Å²) >= 11 is 6.02. The Kier molecular flexibility index (Phi) is 7.89. The highest BCUT2D eigenvalue weighted by atomic mass is 35.5. The zero-order valence-electron chi connectivity index (χ0n) is 22.4. The molecule has 0 aliphatic carbocycles. The third-order valence-corrected chi connectivity index (χ3v) is 7.69. The lowest BCUT2D eigenvalue weighted by Crippen LogP contribution is -2.20. The van der Waals surface area contributed by atoms with Crippen molar-refractivity contribution in [2.45, 2.75) is 32.1 Å². The summed E-state index contributed by atoms with van der Waals surface area (Å²) in [5, 5.41) is 8.29. The summed E-state index contributed by atoms with van der Waals surface area (Å²) in [6.45, 7) is 3.73. The van der Waals surface area contributed by atoms with Crippen molar-refractivity contribution in [2.75, 3.05) is 25.0 Å². The third kappa shape index (κ3) is 6.24. The van der Waals surface area contributed by atoms with Crippen LogP contribution in [-0.4, -0.2) is 45.0 Å². The molecule has 0 unspecified atom stereocenters. The average molecular weight is 550 g/mol. The maximum Gasteiger partial charge on any atom is 0.255 e. The van der Waals surface area contributed by atoms with E-state index in [4.69, 9.17) is 21.7 Å². The number of pyridine rings is 1. The summed E-state index contributed by atoms with van der Waals surface area (Å²) in [6.07, 6.45) is 5.72. The van der Waals surface area contributed by atoms with E-state index in [-0.39, 0.29) is 5.91 Å². The van der Waals surface area contributed by atoms with Gasteiger partial charge in [0.15, 0.2) is 11.5 Å². The van der Waals surface area contributed by atoms with Crippen molar-refractivity contribution in [1.82, 2.24) is 19.5 Å². The van der Waals surface area contributed by atoms with E-state index in [1.807, 2.05) is 47.0 Å². The van der Waals surface area contributed by atoms with Crippen LogP contribution in [0.2, 0.25) is 5.02 Å². The molecule has 40 heavy (non-hydrogen) atoms. The largest absolute Gasteiger partial charge is 0.322 e. The van der Waals surface area contributed by atoms with E-state index < -0.39 is 0 Å². The molecule has 0 radical (unpaired) electrons. The monoisotopic (exact) mass is 549 g/mol. The molecule has 6 rings (SSSR count). The van der Waals surface area contributed by atoms with Gasteiger partial charge in [0.25, 0.3) is 5.91 Å². The number of amides is 1. The number of hydrogen-bond acceptors (Lipinski definition) is 4. The van der Waals surface area contributed by atoms with Crippen LogP contribution in [0.3, 0.4) is 0 Å². The fourth-order valence-corrected chi connectivity index (χ4v) is 5.51. The van der Waals surface area contributed by atoms with E-state index in [9.17, 15) is 4.79 Å². The molecule has 1 aliphatic heterocycles. The van der Waals surface area contributed by atoms with E-state index in [2.05, 4.69) is 34.5 Å². The number of carbonyl (C=O) groups excluding carboxylic acids is 1. The molecule has 7 heteroatoms. The van der Waals surface area contributed by atoms with Crippen LogP contribution in [-0.2, 0) is 12.8 Å². The van der Waals surface area contributed by atoms with E-state index in [1.54, 1.807) is 24.3 Å². The van der Waals surface area contributed by atoms with Crippen molar-refractivity contribution in [3.63, 3.8) is 0 Å². The number of fused-ring (bicyclic) bond motifs is 1. The van der Waals surface area contributed by atoms with Gasteiger partial charge >= 0.3 is 0 Å². The Balaban J connectivity index is 1.11. The Labute approximate surface area is 239 Å². The molecule has 1 saturated heterocycles. The summed E-state index contributed by atoms with van der Waals surface area (Å²) in [5.41, 5.74) is 6.56. The first-order chi connectivity index (χ1) is 19.6. The fraction of sp³-hybridized carbons (Fsp3) is 0.242. The van der Waals surface area contributed by atoms with E-state index in [1.165, 1.54) is 50.0 Å². The lowest BCUT2D eigenvalue weighted by molar-refractivity contribution is 0.102. The second kappa shape index (κ2) is 12.0. The highest BCUT2D eigenvalue weighted by Gasteiger charge is 2.12. The van der Waals surface area contributed by atoms with Crippen LogP contribution in [0.5, 0.6) is 0 Å². The number of aromatic nitrogens is 3. The van der Waals surface area contributed by atoms with Crippen LogP contribution >= 0.6 is 11.6 Å². The minimum atomic E-state index is -0.201. The van der Waals surface area contributed by atoms with Crippen molar-refractivity contribution in [1.29, 1.82) is 0 Å². The zero-order valence-corrected chi connectivity index (χ0v) is 23.1. The summed E-state index contributed by atoms with van der Waals surface area (Å²) in [4.78, 5) is 19.9. The van der Waals surface area contributed by atoms with Crippen LogP contribution < -0.4 is 5.32 Å². The molecular weight excluding hydrogens is 518 g/mol. The predicted octanol–water partition coefficient (Wildman–Crippen LogP) is 6.92. The number of halogens is 1. The Morgan fingerprint density at radius 1 is 0.875 bits per heavy atom. The van der Waals surface area contributed by atoms with Gasteiger partial charge in [0.1, 0.15) is 0 Å². The number of aryl methyl sites for hydroxylation is 1. The number of nitrogens with zero attached hydrogens (tertiary/aromatic N) is 4. The molecule has 0 atom stereocenters. The van der Waals surface area contributed by atoms with Gasteiger partial charge in [0.2, 0.25) is 0 Å². The normalized spacial score (nSPS) is 13.6. The Hall–Kier alpha value is -4.00. The van der Waals surface area contributed by atoms with Crippen LogP contribution in [0.25, 0.3) is 16.9 Å². The zero-order chi connectivity index (χ0) is 27.3. The molecule has 6 nitrogen and oxygen atoms in total. The fourth-order valence-electron chi connectivity index (χ4n) is 5.32. The van der Waals surface area contributed by atoms with E-state index >= 15 is 0 Å². The van der Waals surface area contributed by atoms with Crippen molar-refractivity contribution in [2.24, 2.45) is 0 Å². The van der Waals surface area contributed by atoms with Crippen LogP contribution in [0.15, 0.2) is 91.0 Å². The van der Waals surface area contributed by atoms with Crippen LogP contribution in [0.4, 0.5) is 5.69 Å². The first-order valence-corrected chi connectivity index (χ1v) is 14.3. The first-order valence-electron chi connectivity index (χ1n) is 13.9. The molecule has 0 spiro atoms. The second-order valence-corrected chi connectivity index (χ2v) is 10.8. The Bertz CT molecular complexity index is 1600. The molecule has 1 amide bonds. The van der Waals surface area contributed by atoms with Gasteiger partial charge in [-0.25, -0.2) is 9.50 Å². The van der Waals surface area contributed by atoms with Crippen LogP contribution in [0.1, 0.15) is 46.6 Å². The molecular formula is C33H32ClN5O. The van der Waals surface area contributed by atoms with Gasteiger partial charge < -0.3 is 10.2 Å². The summed E-state index contributed by atoms with van der Waals surface area (Å²) in [6, 6.07) is 29.5. The smallest absolute Gasteiger partial charge is 0.255 e. The first kappa shape index (κ1) is 26.2. The highest BCUT2D eigenvalue weighted by molar-refractivity contribution is 6.31. The van der Waals surface area contributed by atoms with Crippen molar-refractivity contribution in [3.05, 3.63) is 119 Å². The highest BCUT2D eigenvalue weighted by Crippen LogP contribution is 2.23. The molecule has 0 saturated carbocycles. The van der Waals surface area contributed by atoms with Gasteiger partial charge in [0.05, 0.1) is 5.69 Å².